The minimum absolute atomic E-state index is 0.0123. The molecule has 0 spiro atoms. The number of carbonyl (C=O) groups excluding carboxylic acids is 1. The Balaban J connectivity index is 1.77. The summed E-state index contributed by atoms with van der Waals surface area (Å²) in [6, 6.07) is 11.7. The van der Waals surface area contributed by atoms with Gasteiger partial charge in [-0.05, 0) is 13.0 Å². The first kappa shape index (κ1) is 23.0. The van der Waals surface area contributed by atoms with Crippen LogP contribution < -0.4 is 19.5 Å². The lowest BCUT2D eigenvalue weighted by molar-refractivity contribution is 0.102. The summed E-state index contributed by atoms with van der Waals surface area (Å²) in [6.07, 6.45) is -1.61. The third-order valence-corrected chi connectivity index (χ3v) is 5.24. The van der Waals surface area contributed by atoms with Gasteiger partial charge in [0.1, 0.15) is 11.3 Å². The SMILES string of the molecule is COc1cc(NC(=O)c2cnn3c(C(F)F)cc(-c4ccc(C)cc4)nc23)cc(OC)c1OC. The lowest BCUT2D eigenvalue weighted by Gasteiger charge is -2.14. The Morgan fingerprint density at radius 3 is 2.21 bits per heavy atom. The summed E-state index contributed by atoms with van der Waals surface area (Å²) in [5, 5.41) is 6.71. The number of carbonyl (C=O) groups is 1. The number of benzene rings is 2. The van der Waals surface area contributed by atoms with Crippen LogP contribution in [0, 0.1) is 6.92 Å². The Morgan fingerprint density at radius 1 is 1.00 bits per heavy atom. The number of nitrogens with one attached hydrogen (secondary N) is 1. The normalized spacial score (nSPS) is 11.0. The van der Waals surface area contributed by atoms with Crippen LogP contribution in [0.3, 0.4) is 0 Å². The van der Waals surface area contributed by atoms with Gasteiger partial charge in [-0.1, -0.05) is 29.8 Å². The van der Waals surface area contributed by atoms with Crippen molar-refractivity contribution in [3.8, 4) is 28.5 Å². The van der Waals surface area contributed by atoms with Crippen LogP contribution in [0.1, 0.15) is 28.0 Å². The molecule has 4 rings (SSSR count). The molecule has 0 aliphatic heterocycles. The van der Waals surface area contributed by atoms with Crippen LogP contribution in [0.2, 0.25) is 0 Å². The van der Waals surface area contributed by atoms with E-state index in [1.807, 2.05) is 19.1 Å². The van der Waals surface area contributed by atoms with Crippen LogP contribution in [-0.2, 0) is 0 Å². The summed E-state index contributed by atoms with van der Waals surface area (Å²) in [7, 11) is 4.38. The molecule has 4 aromatic rings. The Kier molecular flexibility index (Phi) is 6.31. The highest BCUT2D eigenvalue weighted by molar-refractivity contribution is 6.08. The number of halogens is 2. The van der Waals surface area contributed by atoms with Crippen LogP contribution >= 0.6 is 0 Å². The van der Waals surface area contributed by atoms with Crippen LogP contribution in [-0.4, -0.2) is 41.8 Å². The van der Waals surface area contributed by atoms with Gasteiger partial charge in [0, 0.05) is 23.4 Å². The number of hydrogen-bond acceptors (Lipinski definition) is 6. The zero-order valence-corrected chi connectivity index (χ0v) is 18.9. The van der Waals surface area contributed by atoms with E-state index < -0.39 is 12.3 Å². The molecule has 176 valence electrons. The van der Waals surface area contributed by atoms with E-state index in [1.54, 1.807) is 24.3 Å². The Labute approximate surface area is 194 Å². The zero-order valence-electron chi connectivity index (χ0n) is 18.9. The maximum absolute atomic E-state index is 13.8. The van der Waals surface area contributed by atoms with Crippen molar-refractivity contribution in [2.45, 2.75) is 13.3 Å². The highest BCUT2D eigenvalue weighted by Crippen LogP contribution is 2.40. The number of methoxy groups -OCH3 is 3. The van der Waals surface area contributed by atoms with Crippen molar-refractivity contribution in [3.05, 3.63) is 65.5 Å². The standard InChI is InChI=1S/C24H22F2N4O4/c1-13-5-7-14(8-6-13)17-11-18(22(25)26)30-23(29-17)16(12-27-30)24(31)28-15-9-19(32-2)21(34-4)20(10-15)33-3/h5-12,22H,1-4H3,(H,28,31). The number of fused-ring (bicyclic) bond motifs is 1. The molecule has 2 aromatic carbocycles. The first-order chi connectivity index (χ1) is 16.4. The Hall–Kier alpha value is -4.21. The third-order valence-electron chi connectivity index (χ3n) is 5.24. The molecule has 10 heteroatoms. The molecule has 0 radical (unpaired) electrons. The molecule has 8 nitrogen and oxygen atoms in total. The van der Waals surface area contributed by atoms with Crippen molar-refractivity contribution >= 4 is 17.2 Å². The topological polar surface area (TPSA) is 87.0 Å². The predicted molar refractivity (Wildman–Crippen MR) is 122 cm³/mol. The van der Waals surface area contributed by atoms with E-state index in [1.165, 1.54) is 33.6 Å². The van der Waals surface area contributed by atoms with Gasteiger partial charge < -0.3 is 19.5 Å². The number of anilines is 1. The quantitative estimate of drug-likeness (QED) is 0.414. The molecule has 34 heavy (non-hydrogen) atoms. The highest BCUT2D eigenvalue weighted by Gasteiger charge is 2.22. The number of aryl methyl sites for hydroxylation is 1. The summed E-state index contributed by atoms with van der Waals surface area (Å²) in [4.78, 5) is 17.6. The number of nitrogens with zero attached hydrogens (tertiary/aromatic N) is 3. The van der Waals surface area contributed by atoms with Gasteiger partial charge in [0.15, 0.2) is 17.1 Å². The minimum Gasteiger partial charge on any atom is -0.493 e. The van der Waals surface area contributed by atoms with Gasteiger partial charge >= 0.3 is 0 Å². The number of ether oxygens (including phenoxy) is 3. The second-order valence-electron chi connectivity index (χ2n) is 7.39. The second-order valence-corrected chi connectivity index (χ2v) is 7.39. The number of alkyl halides is 2. The minimum atomic E-state index is -2.82. The highest BCUT2D eigenvalue weighted by atomic mass is 19.3. The first-order valence-corrected chi connectivity index (χ1v) is 10.2. The first-order valence-electron chi connectivity index (χ1n) is 10.2. The summed E-state index contributed by atoms with van der Waals surface area (Å²) >= 11 is 0. The van der Waals surface area contributed by atoms with Crippen molar-refractivity contribution < 1.29 is 27.8 Å². The average molecular weight is 468 g/mol. The molecule has 0 atom stereocenters. The zero-order chi connectivity index (χ0) is 24.4. The van der Waals surface area contributed by atoms with Gasteiger partial charge in [-0.25, -0.2) is 18.3 Å². The summed E-state index contributed by atoms with van der Waals surface area (Å²) in [6.45, 7) is 1.92. The molecule has 2 aromatic heterocycles. The summed E-state index contributed by atoms with van der Waals surface area (Å²) in [5.41, 5.74) is 2.00. The average Bonchev–Trinajstić information content (AvgIpc) is 3.27. The second kappa shape index (κ2) is 9.34. The maximum Gasteiger partial charge on any atom is 0.280 e. The molecule has 1 N–H and O–H groups in total. The van der Waals surface area contributed by atoms with Crippen molar-refractivity contribution in [1.29, 1.82) is 0 Å². The van der Waals surface area contributed by atoms with Crippen molar-refractivity contribution in [3.63, 3.8) is 0 Å². The van der Waals surface area contributed by atoms with Crippen LogP contribution in [0.15, 0.2) is 48.7 Å². The lowest BCUT2D eigenvalue weighted by Crippen LogP contribution is -2.13. The molecule has 0 fully saturated rings. The number of aromatic nitrogens is 3. The van der Waals surface area contributed by atoms with E-state index in [-0.39, 0.29) is 16.9 Å². The van der Waals surface area contributed by atoms with E-state index in [0.29, 0.717) is 34.2 Å². The van der Waals surface area contributed by atoms with E-state index >= 15 is 0 Å². The molecule has 0 aliphatic rings. The molecule has 0 saturated heterocycles. The summed E-state index contributed by atoms with van der Waals surface area (Å²) in [5.74, 6) is 0.469. The molecular weight excluding hydrogens is 446 g/mol. The number of amides is 1. The van der Waals surface area contributed by atoms with Gasteiger partial charge in [0.25, 0.3) is 12.3 Å². The van der Waals surface area contributed by atoms with Crippen molar-refractivity contribution in [1.82, 2.24) is 14.6 Å². The van der Waals surface area contributed by atoms with Gasteiger partial charge in [-0.2, -0.15) is 5.10 Å². The Morgan fingerprint density at radius 2 is 1.65 bits per heavy atom. The van der Waals surface area contributed by atoms with E-state index in [2.05, 4.69) is 15.4 Å². The van der Waals surface area contributed by atoms with Gasteiger partial charge in [-0.3, -0.25) is 4.79 Å². The number of hydrogen-bond donors (Lipinski definition) is 1. The maximum atomic E-state index is 13.8. The molecule has 1 amide bonds. The van der Waals surface area contributed by atoms with Crippen molar-refractivity contribution in [2.24, 2.45) is 0 Å². The molecule has 0 unspecified atom stereocenters. The molecule has 2 heterocycles. The van der Waals surface area contributed by atoms with Gasteiger partial charge in [0.05, 0.1) is 33.2 Å². The molecule has 0 saturated carbocycles. The summed E-state index contributed by atoms with van der Waals surface area (Å²) < 4.78 is 44.5. The van der Waals surface area contributed by atoms with Gasteiger partial charge in [-0.15, -0.1) is 0 Å². The van der Waals surface area contributed by atoms with E-state index in [4.69, 9.17) is 14.2 Å². The van der Waals surface area contributed by atoms with Crippen LogP contribution in [0.25, 0.3) is 16.9 Å². The van der Waals surface area contributed by atoms with Gasteiger partial charge in [0.2, 0.25) is 5.75 Å². The Bertz CT molecular complexity index is 1330. The van der Waals surface area contributed by atoms with E-state index in [9.17, 15) is 13.6 Å². The number of rotatable bonds is 7. The molecule has 0 aliphatic carbocycles. The van der Waals surface area contributed by atoms with Crippen LogP contribution in [0.4, 0.5) is 14.5 Å². The fourth-order valence-electron chi connectivity index (χ4n) is 3.53. The largest absolute Gasteiger partial charge is 0.493 e. The fraction of sp³-hybridized carbons (Fsp3) is 0.208. The van der Waals surface area contributed by atoms with Crippen LogP contribution in [0.5, 0.6) is 17.2 Å². The van der Waals surface area contributed by atoms with Crippen molar-refractivity contribution in [2.75, 3.05) is 26.6 Å². The lowest BCUT2D eigenvalue weighted by atomic mass is 10.1. The fourth-order valence-corrected chi connectivity index (χ4v) is 3.53. The predicted octanol–water partition coefficient (Wildman–Crippen LogP) is 4.92. The van der Waals surface area contributed by atoms with E-state index in [0.717, 1.165) is 10.1 Å². The smallest absolute Gasteiger partial charge is 0.280 e. The molecular formula is C24H22F2N4O4. The third kappa shape index (κ3) is 4.21. The monoisotopic (exact) mass is 468 g/mol. The molecule has 0 bridgehead atoms.